The molecule has 1 aliphatic heterocycles. The molecule has 0 radical (unpaired) electrons. The molecule has 0 bridgehead atoms. The number of fused-ring (bicyclic) bond motifs is 1. The van der Waals surface area contributed by atoms with E-state index in [4.69, 9.17) is 10.5 Å². The van der Waals surface area contributed by atoms with E-state index in [0.29, 0.717) is 18.7 Å². The summed E-state index contributed by atoms with van der Waals surface area (Å²) in [6.45, 7) is 0.528. The van der Waals surface area contributed by atoms with Crippen LogP contribution in [0.25, 0.3) is 0 Å². The molecule has 0 saturated heterocycles. The van der Waals surface area contributed by atoms with Gasteiger partial charge in [0.15, 0.2) is 6.10 Å². The molecule has 1 aliphatic rings. The molecule has 108 valence electrons. The van der Waals surface area contributed by atoms with Gasteiger partial charge in [0, 0.05) is 25.7 Å². The van der Waals surface area contributed by atoms with E-state index in [-0.39, 0.29) is 5.91 Å². The highest BCUT2D eigenvalue weighted by atomic mass is 16.5. The van der Waals surface area contributed by atoms with E-state index in [9.17, 15) is 4.79 Å². The fraction of sp³-hybridized carbons (Fsp3) is 0.235. The van der Waals surface area contributed by atoms with E-state index < -0.39 is 6.10 Å². The molecule has 21 heavy (non-hydrogen) atoms. The Hall–Kier alpha value is -2.49. The van der Waals surface area contributed by atoms with Crippen LogP contribution in [0.5, 0.6) is 5.75 Å². The number of hydrogen-bond donors (Lipinski definition) is 1. The Kier molecular flexibility index (Phi) is 3.52. The highest BCUT2D eigenvalue weighted by molar-refractivity contribution is 5.82. The van der Waals surface area contributed by atoms with Crippen molar-refractivity contribution in [1.29, 1.82) is 0 Å². The number of nitrogens with zero attached hydrogens (tertiary/aromatic N) is 1. The first-order valence-electron chi connectivity index (χ1n) is 6.97. The Balaban J connectivity index is 1.66. The predicted molar refractivity (Wildman–Crippen MR) is 81.9 cm³/mol. The molecular formula is C17H18N2O2. The van der Waals surface area contributed by atoms with Gasteiger partial charge in [-0.05, 0) is 29.3 Å². The molecule has 0 aliphatic carbocycles. The van der Waals surface area contributed by atoms with Crippen molar-refractivity contribution in [2.45, 2.75) is 19.1 Å². The second-order valence-corrected chi connectivity index (χ2v) is 5.36. The zero-order valence-electron chi connectivity index (χ0n) is 12.0. The molecule has 0 aromatic heterocycles. The van der Waals surface area contributed by atoms with Crippen LogP contribution < -0.4 is 10.5 Å². The number of para-hydroxylation sites is 1. The zero-order valence-corrected chi connectivity index (χ0v) is 12.0. The van der Waals surface area contributed by atoms with Gasteiger partial charge in [-0.3, -0.25) is 4.79 Å². The Labute approximate surface area is 124 Å². The maximum absolute atomic E-state index is 12.5. The topological polar surface area (TPSA) is 55.6 Å². The summed E-state index contributed by atoms with van der Waals surface area (Å²) in [5, 5.41) is 0. The van der Waals surface area contributed by atoms with Gasteiger partial charge in [0.05, 0.1) is 0 Å². The van der Waals surface area contributed by atoms with E-state index in [0.717, 1.165) is 16.9 Å². The minimum Gasteiger partial charge on any atom is -0.480 e. The Morgan fingerprint density at radius 3 is 2.86 bits per heavy atom. The van der Waals surface area contributed by atoms with Gasteiger partial charge in [0.2, 0.25) is 0 Å². The average Bonchev–Trinajstić information content (AvgIpc) is 2.90. The summed E-state index contributed by atoms with van der Waals surface area (Å²) < 4.78 is 5.74. The van der Waals surface area contributed by atoms with E-state index >= 15 is 0 Å². The van der Waals surface area contributed by atoms with Crippen molar-refractivity contribution in [1.82, 2.24) is 4.90 Å². The van der Waals surface area contributed by atoms with Gasteiger partial charge in [-0.1, -0.05) is 30.3 Å². The van der Waals surface area contributed by atoms with Crippen LogP contribution in [-0.4, -0.2) is 24.0 Å². The largest absolute Gasteiger partial charge is 0.480 e. The van der Waals surface area contributed by atoms with E-state index in [1.807, 2.05) is 48.5 Å². The number of hydrogen-bond acceptors (Lipinski definition) is 3. The van der Waals surface area contributed by atoms with Gasteiger partial charge >= 0.3 is 0 Å². The SMILES string of the molecule is CN(Cc1cccc(N)c1)C(=O)C1Cc2ccccc2O1. The highest BCUT2D eigenvalue weighted by Gasteiger charge is 2.30. The van der Waals surface area contributed by atoms with Gasteiger partial charge in [0.1, 0.15) is 5.75 Å². The van der Waals surface area contributed by atoms with Gasteiger partial charge in [-0.25, -0.2) is 0 Å². The monoisotopic (exact) mass is 282 g/mol. The first-order chi connectivity index (χ1) is 10.1. The smallest absolute Gasteiger partial charge is 0.264 e. The summed E-state index contributed by atoms with van der Waals surface area (Å²) in [6.07, 6.45) is 0.212. The van der Waals surface area contributed by atoms with Crippen molar-refractivity contribution in [2.75, 3.05) is 12.8 Å². The minimum atomic E-state index is -0.423. The lowest BCUT2D eigenvalue weighted by Gasteiger charge is -2.21. The van der Waals surface area contributed by atoms with Crippen LogP contribution in [-0.2, 0) is 17.8 Å². The van der Waals surface area contributed by atoms with Crippen LogP contribution in [0.2, 0.25) is 0 Å². The molecular weight excluding hydrogens is 264 g/mol. The maximum atomic E-state index is 12.5. The third-order valence-electron chi connectivity index (χ3n) is 3.67. The predicted octanol–water partition coefficient (Wildman–Crippen LogP) is 2.23. The summed E-state index contributed by atoms with van der Waals surface area (Å²) in [5.41, 5.74) is 8.57. The number of nitrogens with two attached hydrogens (primary N) is 1. The van der Waals surface area contributed by atoms with Crippen molar-refractivity contribution < 1.29 is 9.53 Å². The van der Waals surface area contributed by atoms with Crippen LogP contribution >= 0.6 is 0 Å². The molecule has 2 N–H and O–H groups in total. The Bertz CT molecular complexity index is 644. The summed E-state index contributed by atoms with van der Waals surface area (Å²) in [5.74, 6) is 0.807. The molecule has 2 aromatic carbocycles. The standard InChI is InChI=1S/C17H18N2O2/c1-19(11-12-5-4-7-14(18)9-12)17(20)16-10-13-6-2-3-8-15(13)21-16/h2-9,16H,10-11,18H2,1H3. The van der Waals surface area contributed by atoms with Gasteiger partial charge in [-0.2, -0.15) is 0 Å². The molecule has 4 nitrogen and oxygen atoms in total. The lowest BCUT2D eigenvalue weighted by atomic mass is 10.1. The molecule has 1 atom stereocenters. The molecule has 0 saturated carbocycles. The van der Waals surface area contributed by atoms with Crippen LogP contribution in [0.1, 0.15) is 11.1 Å². The van der Waals surface area contributed by atoms with Gasteiger partial charge < -0.3 is 15.4 Å². The normalized spacial score (nSPS) is 16.1. The number of carbonyl (C=O) groups is 1. The fourth-order valence-corrected chi connectivity index (χ4v) is 2.61. The Morgan fingerprint density at radius 2 is 2.10 bits per heavy atom. The number of benzene rings is 2. The molecule has 1 unspecified atom stereocenters. The zero-order chi connectivity index (χ0) is 14.8. The van der Waals surface area contributed by atoms with Crippen molar-refractivity contribution in [3.05, 3.63) is 59.7 Å². The molecule has 1 heterocycles. The molecule has 0 spiro atoms. The average molecular weight is 282 g/mol. The fourth-order valence-electron chi connectivity index (χ4n) is 2.61. The number of likely N-dealkylation sites (N-methyl/N-ethyl adjacent to an activating group) is 1. The summed E-state index contributed by atoms with van der Waals surface area (Å²) in [7, 11) is 1.79. The number of carbonyl (C=O) groups excluding carboxylic acids is 1. The van der Waals surface area contributed by atoms with Crippen molar-refractivity contribution in [3.63, 3.8) is 0 Å². The quantitative estimate of drug-likeness (QED) is 0.878. The molecule has 4 heteroatoms. The second kappa shape index (κ2) is 5.48. The van der Waals surface area contributed by atoms with Gasteiger partial charge in [-0.15, -0.1) is 0 Å². The number of nitrogen functional groups attached to an aromatic ring is 1. The third-order valence-corrected chi connectivity index (χ3v) is 3.67. The Morgan fingerprint density at radius 1 is 1.29 bits per heavy atom. The second-order valence-electron chi connectivity index (χ2n) is 5.36. The number of rotatable bonds is 3. The van der Waals surface area contributed by atoms with Crippen molar-refractivity contribution in [3.8, 4) is 5.75 Å². The summed E-state index contributed by atoms with van der Waals surface area (Å²) >= 11 is 0. The molecule has 2 aromatic rings. The van der Waals surface area contributed by atoms with Crippen LogP contribution in [0, 0.1) is 0 Å². The summed E-state index contributed by atoms with van der Waals surface area (Å²) in [4.78, 5) is 14.2. The first kappa shape index (κ1) is 13.5. The number of amides is 1. The minimum absolute atomic E-state index is 0.00590. The number of anilines is 1. The van der Waals surface area contributed by atoms with Crippen LogP contribution in [0.3, 0.4) is 0 Å². The first-order valence-corrected chi connectivity index (χ1v) is 6.97. The highest BCUT2D eigenvalue weighted by Crippen LogP contribution is 2.29. The lowest BCUT2D eigenvalue weighted by molar-refractivity contribution is -0.137. The van der Waals surface area contributed by atoms with Crippen LogP contribution in [0.15, 0.2) is 48.5 Å². The molecule has 0 fully saturated rings. The third kappa shape index (κ3) is 2.84. The van der Waals surface area contributed by atoms with Crippen LogP contribution in [0.4, 0.5) is 5.69 Å². The van der Waals surface area contributed by atoms with Crippen molar-refractivity contribution >= 4 is 11.6 Å². The number of ether oxygens (including phenoxy) is 1. The van der Waals surface area contributed by atoms with Gasteiger partial charge in [0.25, 0.3) is 5.91 Å². The molecule has 3 rings (SSSR count). The molecule has 1 amide bonds. The van der Waals surface area contributed by atoms with E-state index in [2.05, 4.69) is 0 Å². The van der Waals surface area contributed by atoms with E-state index in [1.165, 1.54) is 0 Å². The lowest BCUT2D eigenvalue weighted by Crippen LogP contribution is -2.38. The van der Waals surface area contributed by atoms with E-state index in [1.54, 1.807) is 11.9 Å². The summed E-state index contributed by atoms with van der Waals surface area (Å²) in [6, 6.07) is 15.4. The van der Waals surface area contributed by atoms with Crippen molar-refractivity contribution in [2.24, 2.45) is 0 Å². The maximum Gasteiger partial charge on any atom is 0.264 e.